The van der Waals surface area contributed by atoms with Crippen LogP contribution in [0.1, 0.15) is 11.8 Å². The van der Waals surface area contributed by atoms with Crippen molar-refractivity contribution in [2.45, 2.75) is 4.90 Å². The van der Waals surface area contributed by atoms with Gasteiger partial charge in [-0.15, -0.1) is 0 Å². The molecule has 1 aliphatic heterocycles. The third-order valence-electron chi connectivity index (χ3n) is 5.03. The average molecular weight is 494 g/mol. The van der Waals surface area contributed by atoms with Crippen LogP contribution in [-0.4, -0.2) is 55.4 Å². The van der Waals surface area contributed by atoms with Gasteiger partial charge in [-0.2, -0.15) is 0 Å². The maximum absolute atomic E-state index is 12.8. The number of carbonyl (C=O) groups is 1. The smallest absolute Gasteiger partial charge is 0.264 e. The molecular weight excluding hydrogens is 473 g/mol. The lowest BCUT2D eigenvalue weighted by molar-refractivity contribution is 0.0747. The fraction of sp³-hybridized carbons (Fsp3) is 0.190. The summed E-state index contributed by atoms with van der Waals surface area (Å²) < 4.78 is 27.4. The van der Waals surface area contributed by atoms with Gasteiger partial charge in [0.05, 0.1) is 15.5 Å². The molecule has 0 unspecified atom stereocenters. The standard InChI is InChI=1S/C21H19Cl2N5O3S.H2/c22-15-2-7-18(19(23)14-15)20(29)28-12-10-27(11-13-28)16-3-5-17(6-4-16)32(30,31)26-21-24-8-1-9-25-21;/h1-9,14H,10-13H2,(H,24,25,26);1H. The minimum Gasteiger partial charge on any atom is -0.368 e. The van der Waals surface area contributed by atoms with Crippen molar-refractivity contribution in [3.05, 3.63) is 76.5 Å². The van der Waals surface area contributed by atoms with E-state index in [4.69, 9.17) is 23.2 Å². The summed E-state index contributed by atoms with van der Waals surface area (Å²) in [5.74, 6) is -0.125. The molecule has 1 amide bonds. The van der Waals surface area contributed by atoms with Crippen LogP contribution in [-0.2, 0) is 10.0 Å². The molecule has 1 saturated heterocycles. The Labute approximate surface area is 197 Å². The maximum Gasteiger partial charge on any atom is 0.264 e. The maximum atomic E-state index is 12.8. The van der Waals surface area contributed by atoms with E-state index in [1.165, 1.54) is 24.5 Å². The highest BCUT2D eigenvalue weighted by Crippen LogP contribution is 2.24. The second-order valence-corrected chi connectivity index (χ2v) is 9.60. The van der Waals surface area contributed by atoms with Crippen LogP contribution in [0.4, 0.5) is 11.6 Å². The van der Waals surface area contributed by atoms with Gasteiger partial charge < -0.3 is 9.80 Å². The van der Waals surface area contributed by atoms with Gasteiger partial charge in [0, 0.05) is 50.7 Å². The first-order chi connectivity index (χ1) is 15.3. The van der Waals surface area contributed by atoms with Crippen LogP contribution in [0, 0.1) is 0 Å². The lowest BCUT2D eigenvalue weighted by Crippen LogP contribution is -2.48. The van der Waals surface area contributed by atoms with E-state index in [2.05, 4.69) is 19.6 Å². The van der Waals surface area contributed by atoms with Crippen LogP contribution in [0.5, 0.6) is 0 Å². The van der Waals surface area contributed by atoms with Gasteiger partial charge in [0.2, 0.25) is 5.95 Å². The van der Waals surface area contributed by atoms with Crippen molar-refractivity contribution in [1.29, 1.82) is 0 Å². The molecule has 4 rings (SSSR count). The Balaban J connectivity index is 0.00000306. The summed E-state index contributed by atoms with van der Waals surface area (Å²) in [7, 11) is -3.79. The minimum atomic E-state index is -3.79. The van der Waals surface area contributed by atoms with Crippen molar-refractivity contribution in [1.82, 2.24) is 14.9 Å². The Morgan fingerprint density at radius 3 is 2.25 bits per heavy atom. The van der Waals surface area contributed by atoms with Crippen molar-refractivity contribution in [3.63, 3.8) is 0 Å². The summed E-state index contributed by atoms with van der Waals surface area (Å²) in [5, 5.41) is 0.810. The van der Waals surface area contributed by atoms with Crippen LogP contribution in [0.2, 0.25) is 10.0 Å². The van der Waals surface area contributed by atoms with E-state index in [0.29, 0.717) is 41.8 Å². The number of benzene rings is 2. The SMILES string of the molecule is O=C(c1ccc(Cl)cc1Cl)N1CCN(c2ccc(S(=O)(=O)Nc3ncccn3)cc2)CC1.[HH]. The molecule has 2 heterocycles. The Kier molecular flexibility index (Phi) is 6.50. The van der Waals surface area contributed by atoms with Crippen molar-refractivity contribution >= 4 is 50.8 Å². The lowest BCUT2D eigenvalue weighted by Gasteiger charge is -2.36. The zero-order valence-corrected chi connectivity index (χ0v) is 19.1. The van der Waals surface area contributed by atoms with Crippen molar-refractivity contribution < 1.29 is 14.6 Å². The molecule has 3 aromatic rings. The van der Waals surface area contributed by atoms with Gasteiger partial charge in [-0.3, -0.25) is 4.79 Å². The van der Waals surface area contributed by atoms with Gasteiger partial charge >= 0.3 is 0 Å². The van der Waals surface area contributed by atoms with E-state index < -0.39 is 10.0 Å². The molecule has 1 aromatic heterocycles. The average Bonchev–Trinajstić information content (AvgIpc) is 2.79. The van der Waals surface area contributed by atoms with Crippen molar-refractivity contribution in [3.8, 4) is 0 Å². The molecule has 11 heteroatoms. The molecule has 1 fully saturated rings. The summed E-state index contributed by atoms with van der Waals surface area (Å²) in [6, 6.07) is 13.0. The fourth-order valence-corrected chi connectivity index (χ4v) is 4.82. The third kappa shape index (κ3) is 4.95. The largest absolute Gasteiger partial charge is 0.368 e. The highest BCUT2D eigenvalue weighted by atomic mass is 35.5. The van der Waals surface area contributed by atoms with Gasteiger partial charge in [-0.05, 0) is 48.5 Å². The van der Waals surface area contributed by atoms with Gasteiger partial charge in [0.25, 0.3) is 15.9 Å². The molecule has 0 spiro atoms. The highest BCUT2D eigenvalue weighted by Gasteiger charge is 2.24. The van der Waals surface area contributed by atoms with Gasteiger partial charge in [-0.1, -0.05) is 23.2 Å². The van der Waals surface area contributed by atoms with Crippen LogP contribution >= 0.6 is 23.2 Å². The van der Waals surface area contributed by atoms with E-state index >= 15 is 0 Å². The monoisotopic (exact) mass is 493 g/mol. The Bertz CT molecular complexity index is 1220. The molecule has 168 valence electrons. The second-order valence-electron chi connectivity index (χ2n) is 7.08. The quantitative estimate of drug-likeness (QED) is 0.580. The summed E-state index contributed by atoms with van der Waals surface area (Å²) in [6.45, 7) is 2.26. The topological polar surface area (TPSA) is 95.5 Å². The number of piperazine rings is 1. The number of halogens is 2. The molecule has 0 radical (unpaired) electrons. The number of carbonyl (C=O) groups excluding carboxylic acids is 1. The molecule has 1 aliphatic rings. The van der Waals surface area contributed by atoms with Crippen molar-refractivity contribution in [2.75, 3.05) is 35.8 Å². The minimum absolute atomic E-state index is 0. The molecule has 32 heavy (non-hydrogen) atoms. The summed E-state index contributed by atoms with van der Waals surface area (Å²) in [6.07, 6.45) is 2.92. The Morgan fingerprint density at radius 2 is 1.62 bits per heavy atom. The van der Waals surface area contributed by atoms with E-state index in [-0.39, 0.29) is 18.2 Å². The van der Waals surface area contributed by atoms with Gasteiger partial charge in [0.15, 0.2) is 0 Å². The highest BCUT2D eigenvalue weighted by molar-refractivity contribution is 7.92. The summed E-state index contributed by atoms with van der Waals surface area (Å²) >= 11 is 12.1. The number of hydrogen-bond donors (Lipinski definition) is 1. The van der Waals surface area contributed by atoms with Gasteiger partial charge in [0.1, 0.15) is 0 Å². The van der Waals surface area contributed by atoms with E-state index in [1.807, 2.05) is 0 Å². The predicted molar refractivity (Wildman–Crippen MR) is 126 cm³/mol. The third-order valence-corrected chi connectivity index (χ3v) is 6.92. The zero-order valence-electron chi connectivity index (χ0n) is 16.8. The number of rotatable bonds is 5. The molecule has 0 aliphatic carbocycles. The van der Waals surface area contributed by atoms with E-state index in [9.17, 15) is 13.2 Å². The Hall–Kier alpha value is -2.88. The van der Waals surface area contributed by atoms with Crippen molar-refractivity contribution in [2.24, 2.45) is 0 Å². The number of sulfonamides is 1. The Morgan fingerprint density at radius 1 is 0.969 bits per heavy atom. The number of amides is 1. The van der Waals surface area contributed by atoms with Crippen LogP contribution in [0.3, 0.4) is 0 Å². The van der Waals surface area contributed by atoms with Gasteiger partial charge in [-0.25, -0.2) is 23.1 Å². The normalized spacial score (nSPS) is 14.3. The fourth-order valence-electron chi connectivity index (χ4n) is 3.37. The molecule has 1 N–H and O–H groups in total. The van der Waals surface area contributed by atoms with Crippen LogP contribution in [0.15, 0.2) is 65.8 Å². The molecule has 0 saturated carbocycles. The first-order valence-corrected chi connectivity index (χ1v) is 12.0. The van der Waals surface area contributed by atoms with E-state index in [1.54, 1.807) is 41.3 Å². The number of anilines is 2. The molecule has 0 atom stereocenters. The zero-order chi connectivity index (χ0) is 22.7. The van der Waals surface area contributed by atoms with Crippen LogP contribution < -0.4 is 9.62 Å². The number of nitrogens with zero attached hydrogens (tertiary/aromatic N) is 4. The molecule has 8 nitrogen and oxygen atoms in total. The van der Waals surface area contributed by atoms with E-state index in [0.717, 1.165) is 5.69 Å². The predicted octanol–water partition coefficient (Wildman–Crippen LogP) is 3.79. The lowest BCUT2D eigenvalue weighted by atomic mass is 10.1. The first-order valence-electron chi connectivity index (χ1n) is 9.73. The first kappa shape index (κ1) is 22.3. The molecule has 2 aromatic carbocycles. The summed E-state index contributed by atoms with van der Waals surface area (Å²) in [4.78, 5) is 24.5. The molecule has 0 bridgehead atoms. The number of nitrogens with one attached hydrogen (secondary N) is 1. The second kappa shape index (κ2) is 9.32. The van der Waals surface area contributed by atoms with Crippen LogP contribution in [0.25, 0.3) is 0 Å². The number of aromatic nitrogens is 2. The summed E-state index contributed by atoms with van der Waals surface area (Å²) in [5.41, 5.74) is 1.30. The number of hydrogen-bond acceptors (Lipinski definition) is 6. The molecular formula is C21H21Cl2N5O3S.